The number of carbonyl (C=O) groups excluding carboxylic acids is 3. The molecule has 3 rings (SSSR count). The van der Waals surface area contributed by atoms with Gasteiger partial charge in [-0.05, 0) is 36.4 Å². The van der Waals surface area contributed by atoms with Crippen LogP contribution in [0.3, 0.4) is 0 Å². The number of esters is 1. The van der Waals surface area contributed by atoms with Crippen LogP contribution >= 0.6 is 0 Å². The molecule has 0 radical (unpaired) electrons. The van der Waals surface area contributed by atoms with Crippen LogP contribution in [0.4, 0.5) is 11.5 Å². The van der Waals surface area contributed by atoms with Crippen LogP contribution in [-0.2, 0) is 9.53 Å². The van der Waals surface area contributed by atoms with Crippen LogP contribution in [-0.4, -0.2) is 66.4 Å². The van der Waals surface area contributed by atoms with Crippen LogP contribution < -0.4 is 5.32 Å². The molecule has 1 aliphatic heterocycles. The lowest BCUT2D eigenvalue weighted by molar-refractivity contribution is -0.119. The van der Waals surface area contributed by atoms with Gasteiger partial charge in [0.25, 0.3) is 5.91 Å². The summed E-state index contributed by atoms with van der Waals surface area (Å²) in [6.07, 6.45) is 2.33. The molecule has 8 nitrogen and oxygen atoms in total. The molecule has 0 atom stereocenters. The van der Waals surface area contributed by atoms with Gasteiger partial charge in [-0.15, -0.1) is 0 Å². The van der Waals surface area contributed by atoms with Gasteiger partial charge in [-0.25, -0.2) is 9.78 Å². The molecular weight excluding hydrogens is 348 g/mol. The van der Waals surface area contributed by atoms with Gasteiger partial charge < -0.3 is 19.9 Å². The summed E-state index contributed by atoms with van der Waals surface area (Å²) >= 11 is 0. The number of anilines is 2. The van der Waals surface area contributed by atoms with E-state index in [1.54, 1.807) is 46.2 Å². The van der Waals surface area contributed by atoms with Gasteiger partial charge in [-0.1, -0.05) is 0 Å². The second-order valence-electron chi connectivity index (χ2n) is 6.06. The van der Waals surface area contributed by atoms with Crippen molar-refractivity contribution in [3.63, 3.8) is 0 Å². The number of carbonyl (C=O) groups is 3. The van der Waals surface area contributed by atoms with Crippen molar-refractivity contribution in [1.82, 2.24) is 14.8 Å². The zero-order chi connectivity index (χ0) is 19.2. The van der Waals surface area contributed by atoms with E-state index in [4.69, 9.17) is 0 Å². The number of aromatic nitrogens is 1. The average Bonchev–Trinajstić information content (AvgIpc) is 2.74. The van der Waals surface area contributed by atoms with Crippen molar-refractivity contribution in [2.24, 2.45) is 0 Å². The van der Waals surface area contributed by atoms with Crippen LogP contribution in [0, 0.1) is 0 Å². The highest BCUT2D eigenvalue weighted by molar-refractivity contribution is 5.94. The highest BCUT2D eigenvalue weighted by Crippen LogP contribution is 2.17. The SMILES string of the molecule is COC(=O)c1ccc(Nc2ccc(C(=O)N3CCN(C=O)CC3)cn2)cc1. The first-order chi connectivity index (χ1) is 13.1. The Labute approximate surface area is 156 Å². The van der Waals surface area contributed by atoms with E-state index in [0.717, 1.165) is 12.1 Å². The molecule has 140 valence electrons. The molecule has 0 aliphatic carbocycles. The van der Waals surface area contributed by atoms with E-state index in [-0.39, 0.29) is 5.91 Å². The smallest absolute Gasteiger partial charge is 0.337 e. The number of ether oxygens (including phenoxy) is 1. The third-order valence-corrected chi connectivity index (χ3v) is 4.34. The maximum absolute atomic E-state index is 12.5. The maximum Gasteiger partial charge on any atom is 0.337 e. The summed E-state index contributed by atoms with van der Waals surface area (Å²) < 4.78 is 4.66. The zero-order valence-electron chi connectivity index (χ0n) is 14.9. The van der Waals surface area contributed by atoms with Crippen molar-refractivity contribution >= 4 is 29.8 Å². The third-order valence-electron chi connectivity index (χ3n) is 4.34. The molecule has 0 bridgehead atoms. The van der Waals surface area contributed by atoms with Crippen molar-refractivity contribution in [2.75, 3.05) is 38.6 Å². The van der Waals surface area contributed by atoms with Crippen molar-refractivity contribution in [3.8, 4) is 0 Å². The summed E-state index contributed by atoms with van der Waals surface area (Å²) in [6.45, 7) is 2.13. The lowest BCUT2D eigenvalue weighted by atomic mass is 10.2. The summed E-state index contributed by atoms with van der Waals surface area (Å²) in [6, 6.07) is 10.3. The quantitative estimate of drug-likeness (QED) is 0.636. The van der Waals surface area contributed by atoms with Gasteiger partial charge in [0, 0.05) is 38.1 Å². The largest absolute Gasteiger partial charge is 0.465 e. The van der Waals surface area contributed by atoms with Gasteiger partial charge in [-0.3, -0.25) is 9.59 Å². The van der Waals surface area contributed by atoms with E-state index in [0.29, 0.717) is 43.1 Å². The molecule has 2 heterocycles. The Bertz CT molecular complexity index is 813. The number of benzene rings is 1. The molecule has 0 saturated carbocycles. The molecule has 2 amide bonds. The van der Waals surface area contributed by atoms with Crippen LogP contribution in [0.25, 0.3) is 0 Å². The number of methoxy groups -OCH3 is 1. The Morgan fingerprint density at radius 1 is 1.04 bits per heavy atom. The van der Waals surface area contributed by atoms with Crippen molar-refractivity contribution < 1.29 is 19.1 Å². The molecular formula is C19H20N4O4. The molecule has 1 aromatic carbocycles. The lowest BCUT2D eigenvalue weighted by Crippen LogP contribution is -2.48. The first-order valence-corrected chi connectivity index (χ1v) is 8.51. The van der Waals surface area contributed by atoms with E-state index in [9.17, 15) is 14.4 Å². The molecule has 1 fully saturated rings. The van der Waals surface area contributed by atoms with Crippen molar-refractivity contribution in [1.29, 1.82) is 0 Å². The standard InChI is InChI=1S/C19H20N4O4/c1-27-19(26)14-2-5-16(6-3-14)21-17-7-4-15(12-20-17)18(25)23-10-8-22(13-24)9-11-23/h2-7,12-13H,8-11H2,1H3,(H,20,21). The molecule has 0 unspecified atom stereocenters. The first kappa shape index (κ1) is 18.4. The Kier molecular flexibility index (Phi) is 5.65. The lowest BCUT2D eigenvalue weighted by Gasteiger charge is -2.32. The molecule has 8 heteroatoms. The predicted octanol–water partition coefficient (Wildman–Crippen LogP) is 1.53. The number of rotatable bonds is 5. The van der Waals surface area contributed by atoms with Gasteiger partial charge >= 0.3 is 5.97 Å². The summed E-state index contributed by atoms with van der Waals surface area (Å²) in [5.74, 6) is 0.0988. The topological polar surface area (TPSA) is 91.8 Å². The van der Waals surface area contributed by atoms with E-state index in [1.165, 1.54) is 13.3 Å². The minimum Gasteiger partial charge on any atom is -0.465 e. The van der Waals surface area contributed by atoms with Gasteiger partial charge in [0.2, 0.25) is 6.41 Å². The Balaban J connectivity index is 1.61. The zero-order valence-corrected chi connectivity index (χ0v) is 14.9. The monoisotopic (exact) mass is 368 g/mol. The summed E-state index contributed by atoms with van der Waals surface area (Å²) in [4.78, 5) is 42.3. The van der Waals surface area contributed by atoms with Crippen LogP contribution in [0.2, 0.25) is 0 Å². The Hall–Kier alpha value is -3.42. The third kappa shape index (κ3) is 4.41. The second-order valence-corrected chi connectivity index (χ2v) is 6.06. The van der Waals surface area contributed by atoms with Gasteiger partial charge in [0.1, 0.15) is 5.82 Å². The molecule has 1 saturated heterocycles. The minimum atomic E-state index is -0.392. The first-order valence-electron chi connectivity index (χ1n) is 8.51. The van der Waals surface area contributed by atoms with Gasteiger partial charge in [0.05, 0.1) is 18.2 Å². The highest BCUT2D eigenvalue weighted by atomic mass is 16.5. The normalized spacial score (nSPS) is 13.8. The molecule has 1 N–H and O–H groups in total. The second kappa shape index (κ2) is 8.31. The maximum atomic E-state index is 12.5. The summed E-state index contributed by atoms with van der Waals surface area (Å²) in [5.41, 5.74) is 1.73. The van der Waals surface area contributed by atoms with E-state index < -0.39 is 5.97 Å². The van der Waals surface area contributed by atoms with E-state index >= 15 is 0 Å². The molecule has 1 aromatic heterocycles. The fourth-order valence-corrected chi connectivity index (χ4v) is 2.76. The Morgan fingerprint density at radius 2 is 1.70 bits per heavy atom. The van der Waals surface area contributed by atoms with Crippen molar-refractivity contribution in [2.45, 2.75) is 0 Å². The number of nitrogens with one attached hydrogen (secondary N) is 1. The number of piperazine rings is 1. The molecule has 27 heavy (non-hydrogen) atoms. The van der Waals surface area contributed by atoms with Crippen LogP contribution in [0.1, 0.15) is 20.7 Å². The van der Waals surface area contributed by atoms with Crippen LogP contribution in [0.15, 0.2) is 42.6 Å². The number of hydrogen-bond acceptors (Lipinski definition) is 6. The average molecular weight is 368 g/mol. The van der Waals surface area contributed by atoms with E-state index in [2.05, 4.69) is 15.0 Å². The van der Waals surface area contributed by atoms with Crippen molar-refractivity contribution in [3.05, 3.63) is 53.7 Å². The fraction of sp³-hybridized carbons (Fsp3) is 0.263. The molecule has 1 aliphatic rings. The van der Waals surface area contributed by atoms with Gasteiger partial charge in [-0.2, -0.15) is 0 Å². The van der Waals surface area contributed by atoms with Crippen LogP contribution in [0.5, 0.6) is 0 Å². The Morgan fingerprint density at radius 3 is 2.26 bits per heavy atom. The van der Waals surface area contributed by atoms with E-state index in [1.807, 2.05) is 0 Å². The number of pyridine rings is 1. The number of nitrogens with zero attached hydrogens (tertiary/aromatic N) is 3. The predicted molar refractivity (Wildman–Crippen MR) is 98.8 cm³/mol. The minimum absolute atomic E-state index is 0.0953. The highest BCUT2D eigenvalue weighted by Gasteiger charge is 2.21. The molecule has 0 spiro atoms. The number of amides is 2. The summed E-state index contributed by atoms with van der Waals surface area (Å²) in [7, 11) is 1.34. The molecule has 2 aromatic rings. The summed E-state index contributed by atoms with van der Waals surface area (Å²) in [5, 5.41) is 3.11. The number of hydrogen-bond donors (Lipinski definition) is 1. The van der Waals surface area contributed by atoms with Gasteiger partial charge in [0.15, 0.2) is 0 Å². The fourth-order valence-electron chi connectivity index (χ4n) is 2.76.